The number of hydrogen-bond donors (Lipinski definition) is 3. The van der Waals surface area contributed by atoms with Crippen molar-refractivity contribution in [1.82, 2.24) is 0 Å². The van der Waals surface area contributed by atoms with Crippen molar-refractivity contribution in [2.24, 2.45) is 5.73 Å². The summed E-state index contributed by atoms with van der Waals surface area (Å²) in [6, 6.07) is 12.9. The zero-order valence-corrected chi connectivity index (χ0v) is 11.7. The number of carbonyl (C=O) groups is 2. The second-order valence-electron chi connectivity index (χ2n) is 4.25. The van der Waals surface area contributed by atoms with Gasteiger partial charge in [-0.1, -0.05) is 30.4 Å². The summed E-state index contributed by atoms with van der Waals surface area (Å²) in [5.74, 6) is -1.56. The Hall–Kier alpha value is -2.73. The Labute approximate surface area is 126 Å². The summed E-state index contributed by atoms with van der Waals surface area (Å²) >= 11 is 5.23. The topological polar surface area (TPSA) is 92.4 Å². The van der Waals surface area contributed by atoms with Crippen molar-refractivity contribution < 1.29 is 14.7 Å². The first-order chi connectivity index (χ1) is 9.99. The van der Waals surface area contributed by atoms with Crippen molar-refractivity contribution in [2.75, 3.05) is 5.32 Å². The van der Waals surface area contributed by atoms with Crippen molar-refractivity contribution in [1.29, 1.82) is 0 Å². The standard InChI is InChI=1S/C15H12N2O3S/c16-13(18)9-5-7-10(8-6-9)17-14(21)11-3-1-2-4-12(11)15(19)20/h1-8H,(H2,16,18)(H,17,21)(H,19,20). The molecule has 0 aromatic heterocycles. The highest BCUT2D eigenvalue weighted by Gasteiger charge is 2.13. The number of thiocarbonyl (C=S) groups is 1. The van der Waals surface area contributed by atoms with Gasteiger partial charge in [0, 0.05) is 16.8 Å². The molecule has 0 aliphatic carbocycles. The molecule has 0 fully saturated rings. The molecule has 6 heteroatoms. The Bertz CT molecular complexity index is 711. The molecule has 0 heterocycles. The molecule has 2 aromatic carbocycles. The van der Waals surface area contributed by atoms with Gasteiger partial charge in [-0.25, -0.2) is 4.79 Å². The van der Waals surface area contributed by atoms with E-state index in [9.17, 15) is 9.59 Å². The predicted octanol–water partition coefficient (Wildman–Crippen LogP) is 2.27. The third kappa shape index (κ3) is 3.43. The number of carboxylic acids is 1. The highest BCUT2D eigenvalue weighted by Crippen LogP contribution is 2.15. The van der Waals surface area contributed by atoms with E-state index >= 15 is 0 Å². The third-order valence-electron chi connectivity index (χ3n) is 2.83. The molecule has 0 saturated carbocycles. The molecule has 106 valence electrons. The molecule has 0 bridgehead atoms. The van der Waals surface area contributed by atoms with Crippen molar-refractivity contribution in [3.05, 3.63) is 65.2 Å². The molecule has 21 heavy (non-hydrogen) atoms. The molecule has 0 spiro atoms. The molecule has 1 amide bonds. The van der Waals surface area contributed by atoms with Crippen molar-refractivity contribution >= 4 is 34.8 Å². The van der Waals surface area contributed by atoms with E-state index in [1.54, 1.807) is 42.5 Å². The lowest BCUT2D eigenvalue weighted by Gasteiger charge is -2.10. The van der Waals surface area contributed by atoms with Crippen LogP contribution < -0.4 is 11.1 Å². The van der Waals surface area contributed by atoms with Gasteiger partial charge in [-0.2, -0.15) is 0 Å². The fourth-order valence-corrected chi connectivity index (χ4v) is 2.08. The van der Waals surface area contributed by atoms with Crippen LogP contribution in [0.3, 0.4) is 0 Å². The molecule has 4 N–H and O–H groups in total. The molecule has 0 unspecified atom stereocenters. The Morgan fingerprint density at radius 1 is 1.00 bits per heavy atom. The minimum Gasteiger partial charge on any atom is -0.478 e. The monoisotopic (exact) mass is 300 g/mol. The summed E-state index contributed by atoms with van der Waals surface area (Å²) in [7, 11) is 0. The van der Waals surface area contributed by atoms with Crippen LogP contribution in [0, 0.1) is 0 Å². The lowest BCUT2D eigenvalue weighted by Crippen LogP contribution is -2.15. The van der Waals surface area contributed by atoms with E-state index in [4.69, 9.17) is 23.1 Å². The summed E-state index contributed by atoms with van der Waals surface area (Å²) in [5.41, 5.74) is 6.75. The van der Waals surface area contributed by atoms with Crippen molar-refractivity contribution in [3.8, 4) is 0 Å². The van der Waals surface area contributed by atoms with Crippen molar-refractivity contribution in [3.63, 3.8) is 0 Å². The zero-order valence-electron chi connectivity index (χ0n) is 10.9. The van der Waals surface area contributed by atoms with Crippen LogP contribution in [-0.2, 0) is 0 Å². The normalized spacial score (nSPS) is 9.90. The highest BCUT2D eigenvalue weighted by atomic mass is 32.1. The Morgan fingerprint density at radius 2 is 1.57 bits per heavy atom. The maximum atomic E-state index is 11.2. The van der Waals surface area contributed by atoms with E-state index < -0.39 is 11.9 Å². The molecule has 0 saturated heterocycles. The first-order valence-corrected chi connectivity index (χ1v) is 6.43. The van der Waals surface area contributed by atoms with Crippen LogP contribution in [0.1, 0.15) is 26.3 Å². The number of carboxylic acid groups (broad SMARTS) is 1. The number of anilines is 1. The average molecular weight is 300 g/mol. The molecular weight excluding hydrogens is 288 g/mol. The van der Waals surface area contributed by atoms with Gasteiger partial charge in [0.15, 0.2) is 0 Å². The van der Waals surface area contributed by atoms with E-state index in [-0.39, 0.29) is 5.56 Å². The first kappa shape index (κ1) is 14.7. The summed E-state index contributed by atoms with van der Waals surface area (Å²) in [4.78, 5) is 22.4. The number of nitrogens with one attached hydrogen (secondary N) is 1. The maximum absolute atomic E-state index is 11.2. The second kappa shape index (κ2) is 6.15. The zero-order chi connectivity index (χ0) is 15.4. The molecule has 0 radical (unpaired) electrons. The van der Waals surface area contributed by atoms with Gasteiger partial charge in [-0.05, 0) is 30.3 Å². The van der Waals surface area contributed by atoms with Crippen LogP contribution >= 0.6 is 12.2 Å². The summed E-state index contributed by atoms with van der Waals surface area (Å²) in [5, 5.41) is 12.1. The lowest BCUT2D eigenvalue weighted by atomic mass is 10.1. The Kier molecular flexibility index (Phi) is 4.30. The van der Waals surface area contributed by atoms with Crippen LogP contribution in [0.15, 0.2) is 48.5 Å². The number of amides is 1. The Balaban J connectivity index is 2.22. The van der Waals surface area contributed by atoms with E-state index in [1.807, 2.05) is 0 Å². The molecular formula is C15H12N2O3S. The molecule has 0 aliphatic rings. The quantitative estimate of drug-likeness (QED) is 0.753. The van der Waals surface area contributed by atoms with Crippen LogP contribution in [0.4, 0.5) is 5.69 Å². The van der Waals surface area contributed by atoms with Crippen LogP contribution in [-0.4, -0.2) is 22.0 Å². The van der Waals surface area contributed by atoms with Gasteiger partial charge in [-0.15, -0.1) is 0 Å². The molecule has 0 aliphatic heterocycles. The number of hydrogen-bond acceptors (Lipinski definition) is 3. The smallest absolute Gasteiger partial charge is 0.336 e. The first-order valence-electron chi connectivity index (χ1n) is 6.02. The lowest BCUT2D eigenvalue weighted by molar-refractivity contribution is 0.0696. The number of benzene rings is 2. The Morgan fingerprint density at radius 3 is 2.10 bits per heavy atom. The van der Waals surface area contributed by atoms with E-state index in [2.05, 4.69) is 5.32 Å². The largest absolute Gasteiger partial charge is 0.478 e. The number of rotatable bonds is 4. The molecule has 2 rings (SSSR count). The molecule has 2 aromatic rings. The van der Waals surface area contributed by atoms with Gasteiger partial charge in [0.1, 0.15) is 4.99 Å². The van der Waals surface area contributed by atoms with Gasteiger partial charge >= 0.3 is 5.97 Å². The fourth-order valence-electron chi connectivity index (χ4n) is 1.78. The number of primary amides is 1. The average Bonchev–Trinajstić information content (AvgIpc) is 2.47. The van der Waals surface area contributed by atoms with E-state index in [0.717, 1.165) is 0 Å². The summed E-state index contributed by atoms with van der Waals surface area (Å²) in [6.45, 7) is 0. The van der Waals surface area contributed by atoms with Crippen molar-refractivity contribution in [2.45, 2.75) is 0 Å². The summed E-state index contributed by atoms with van der Waals surface area (Å²) < 4.78 is 0. The highest BCUT2D eigenvalue weighted by molar-refractivity contribution is 7.81. The van der Waals surface area contributed by atoms with Crippen LogP contribution in [0.5, 0.6) is 0 Å². The third-order valence-corrected chi connectivity index (χ3v) is 3.15. The van der Waals surface area contributed by atoms with E-state index in [1.165, 1.54) is 6.07 Å². The van der Waals surface area contributed by atoms with E-state index in [0.29, 0.717) is 21.8 Å². The maximum Gasteiger partial charge on any atom is 0.336 e. The number of aromatic carboxylic acids is 1. The van der Waals surface area contributed by atoms with Crippen LogP contribution in [0.25, 0.3) is 0 Å². The van der Waals surface area contributed by atoms with Gasteiger partial charge in [-0.3, -0.25) is 4.79 Å². The molecule has 0 atom stereocenters. The molecule has 5 nitrogen and oxygen atoms in total. The SMILES string of the molecule is NC(=O)c1ccc(NC(=S)c2ccccc2C(=O)O)cc1. The van der Waals surface area contributed by atoms with Gasteiger partial charge in [0.05, 0.1) is 5.56 Å². The minimum absolute atomic E-state index is 0.128. The number of carbonyl (C=O) groups excluding carboxylic acids is 1. The fraction of sp³-hybridized carbons (Fsp3) is 0. The van der Waals surface area contributed by atoms with Gasteiger partial charge < -0.3 is 16.2 Å². The van der Waals surface area contributed by atoms with Gasteiger partial charge in [0.2, 0.25) is 5.91 Å². The summed E-state index contributed by atoms with van der Waals surface area (Å²) in [6.07, 6.45) is 0. The minimum atomic E-state index is -1.04. The predicted molar refractivity (Wildman–Crippen MR) is 83.7 cm³/mol. The second-order valence-corrected chi connectivity index (χ2v) is 4.65. The number of nitrogens with two attached hydrogens (primary N) is 1. The van der Waals surface area contributed by atoms with Gasteiger partial charge in [0.25, 0.3) is 0 Å². The van der Waals surface area contributed by atoms with Crippen LogP contribution in [0.2, 0.25) is 0 Å².